The van der Waals surface area contributed by atoms with Crippen LogP contribution in [0.5, 0.6) is 0 Å². The summed E-state index contributed by atoms with van der Waals surface area (Å²) in [6.45, 7) is 2.50. The summed E-state index contributed by atoms with van der Waals surface area (Å²) in [6, 6.07) is 4.83. The number of methoxy groups -OCH3 is 1. The summed E-state index contributed by atoms with van der Waals surface area (Å²) in [6.07, 6.45) is 0. The Balaban J connectivity index is 2.53. The van der Waals surface area contributed by atoms with E-state index in [1.165, 1.54) is 6.07 Å². The molecule has 1 atom stereocenters. The third kappa shape index (κ3) is 4.97. The molecule has 0 amide bonds. The lowest BCUT2D eigenvalue weighted by Gasteiger charge is -2.16. The summed E-state index contributed by atoms with van der Waals surface area (Å²) >= 11 is 8.18. The predicted octanol–water partition coefficient (Wildman–Crippen LogP) is 2.91. The highest BCUT2D eigenvalue weighted by molar-refractivity contribution is 9.10. The lowest BCUT2D eigenvalue weighted by molar-refractivity contribution is 0.179. The van der Waals surface area contributed by atoms with E-state index in [1.54, 1.807) is 19.2 Å². The van der Waals surface area contributed by atoms with Crippen LogP contribution in [0.4, 0.5) is 10.1 Å². The Morgan fingerprint density at radius 3 is 2.88 bits per heavy atom. The van der Waals surface area contributed by atoms with Crippen molar-refractivity contribution >= 4 is 38.9 Å². The van der Waals surface area contributed by atoms with Crippen molar-refractivity contribution in [2.45, 2.75) is 13.0 Å². The second-order valence-electron chi connectivity index (χ2n) is 3.58. The largest absolute Gasteiger partial charge is 0.383 e. The zero-order valence-electron chi connectivity index (χ0n) is 9.59. The molecule has 0 aliphatic carbocycles. The molecule has 0 saturated carbocycles. The van der Waals surface area contributed by atoms with Gasteiger partial charge in [-0.1, -0.05) is 0 Å². The molecule has 1 aromatic rings. The minimum atomic E-state index is -0.331. The molecule has 0 heterocycles. The Morgan fingerprint density at radius 1 is 1.59 bits per heavy atom. The molecule has 1 aromatic carbocycles. The zero-order valence-corrected chi connectivity index (χ0v) is 12.0. The van der Waals surface area contributed by atoms with E-state index >= 15 is 0 Å². The normalized spacial score (nSPS) is 12.0. The summed E-state index contributed by atoms with van der Waals surface area (Å²) in [5.41, 5.74) is 0.604. The van der Waals surface area contributed by atoms with Gasteiger partial charge in [0.2, 0.25) is 0 Å². The van der Waals surface area contributed by atoms with Gasteiger partial charge in [0.25, 0.3) is 0 Å². The monoisotopic (exact) mass is 320 g/mol. The average Bonchev–Trinajstić information content (AvgIpc) is 2.23. The fraction of sp³-hybridized carbons (Fsp3) is 0.364. The van der Waals surface area contributed by atoms with Crippen LogP contribution in [0.15, 0.2) is 22.7 Å². The lowest BCUT2D eigenvalue weighted by Crippen LogP contribution is -2.38. The first kappa shape index (κ1) is 14.3. The van der Waals surface area contributed by atoms with Gasteiger partial charge < -0.3 is 15.4 Å². The predicted molar refractivity (Wildman–Crippen MR) is 74.8 cm³/mol. The second kappa shape index (κ2) is 6.88. The molecule has 17 heavy (non-hydrogen) atoms. The molecule has 0 aliphatic heterocycles. The number of nitrogens with one attached hydrogen (secondary N) is 2. The van der Waals surface area contributed by atoms with Gasteiger partial charge in [-0.05, 0) is 53.3 Å². The third-order valence-corrected chi connectivity index (χ3v) is 2.83. The molecule has 0 spiro atoms. The molecule has 0 aliphatic rings. The highest BCUT2D eigenvalue weighted by Gasteiger charge is 2.05. The van der Waals surface area contributed by atoms with E-state index in [4.69, 9.17) is 17.0 Å². The summed E-state index contributed by atoms with van der Waals surface area (Å²) in [7, 11) is 1.62. The van der Waals surface area contributed by atoms with Crippen LogP contribution in [-0.4, -0.2) is 24.9 Å². The van der Waals surface area contributed by atoms with Gasteiger partial charge in [-0.2, -0.15) is 0 Å². The minimum Gasteiger partial charge on any atom is -0.383 e. The summed E-state index contributed by atoms with van der Waals surface area (Å²) in [5, 5.41) is 6.37. The smallest absolute Gasteiger partial charge is 0.171 e. The van der Waals surface area contributed by atoms with Gasteiger partial charge in [-0.15, -0.1) is 0 Å². The van der Waals surface area contributed by atoms with E-state index in [9.17, 15) is 4.39 Å². The van der Waals surface area contributed by atoms with Gasteiger partial charge in [0.15, 0.2) is 5.11 Å². The molecular formula is C11H14BrFN2OS. The van der Waals surface area contributed by atoms with Gasteiger partial charge in [0, 0.05) is 18.8 Å². The van der Waals surface area contributed by atoms with Crippen LogP contribution in [-0.2, 0) is 4.74 Å². The van der Waals surface area contributed by atoms with Crippen LogP contribution in [0.2, 0.25) is 0 Å². The number of thiocarbonyl (C=S) groups is 1. The molecule has 0 saturated heterocycles. The molecule has 0 aromatic heterocycles. The maximum absolute atomic E-state index is 13.2. The van der Waals surface area contributed by atoms with Crippen LogP contribution in [0, 0.1) is 5.82 Å². The Bertz CT molecular complexity index is 403. The molecule has 0 bridgehead atoms. The standard InChI is InChI=1S/C11H14BrFN2OS/c1-7(6-16-2)14-11(17)15-8-3-4-9(12)10(13)5-8/h3-5,7H,6H2,1-2H3,(H2,14,15,17). The molecular weight excluding hydrogens is 307 g/mol. The first-order valence-electron chi connectivity index (χ1n) is 5.04. The third-order valence-electron chi connectivity index (χ3n) is 1.97. The quantitative estimate of drug-likeness (QED) is 0.836. The summed E-state index contributed by atoms with van der Waals surface area (Å²) in [5.74, 6) is -0.331. The number of rotatable bonds is 4. The highest BCUT2D eigenvalue weighted by Crippen LogP contribution is 2.19. The van der Waals surface area contributed by atoms with Gasteiger partial charge in [-0.25, -0.2) is 4.39 Å². The number of ether oxygens (including phenoxy) is 1. The fourth-order valence-corrected chi connectivity index (χ4v) is 1.82. The zero-order chi connectivity index (χ0) is 12.8. The summed E-state index contributed by atoms with van der Waals surface area (Å²) in [4.78, 5) is 0. The molecule has 1 rings (SSSR count). The van der Waals surface area contributed by atoms with Crippen LogP contribution < -0.4 is 10.6 Å². The van der Waals surface area contributed by atoms with Crippen molar-refractivity contribution in [1.82, 2.24) is 5.32 Å². The maximum atomic E-state index is 13.2. The molecule has 0 radical (unpaired) electrons. The van der Waals surface area contributed by atoms with Crippen LogP contribution in [0.1, 0.15) is 6.92 Å². The Hall–Kier alpha value is -0.720. The van der Waals surface area contributed by atoms with Gasteiger partial charge in [0.05, 0.1) is 11.1 Å². The Kier molecular flexibility index (Phi) is 5.80. The minimum absolute atomic E-state index is 0.0975. The van der Waals surface area contributed by atoms with E-state index in [2.05, 4.69) is 26.6 Å². The van der Waals surface area contributed by atoms with E-state index in [1.807, 2.05) is 6.92 Å². The molecule has 6 heteroatoms. The maximum Gasteiger partial charge on any atom is 0.171 e. The number of hydrogen-bond acceptors (Lipinski definition) is 2. The first-order valence-corrected chi connectivity index (χ1v) is 6.24. The van der Waals surface area contributed by atoms with E-state index < -0.39 is 0 Å². The van der Waals surface area contributed by atoms with E-state index in [0.717, 1.165) is 0 Å². The molecule has 2 N–H and O–H groups in total. The van der Waals surface area contributed by atoms with Crippen molar-refractivity contribution in [3.8, 4) is 0 Å². The SMILES string of the molecule is COCC(C)NC(=S)Nc1ccc(Br)c(F)c1. The fourth-order valence-electron chi connectivity index (χ4n) is 1.26. The van der Waals surface area contributed by atoms with Gasteiger partial charge >= 0.3 is 0 Å². The van der Waals surface area contributed by atoms with Crippen molar-refractivity contribution in [2.75, 3.05) is 19.0 Å². The Morgan fingerprint density at radius 2 is 2.29 bits per heavy atom. The number of halogens is 2. The Labute approximate surface area is 114 Å². The number of hydrogen-bond donors (Lipinski definition) is 2. The molecule has 3 nitrogen and oxygen atoms in total. The van der Waals surface area contributed by atoms with Crippen molar-refractivity contribution < 1.29 is 9.13 Å². The van der Waals surface area contributed by atoms with Crippen LogP contribution in [0.25, 0.3) is 0 Å². The van der Waals surface area contributed by atoms with Crippen LogP contribution >= 0.6 is 28.1 Å². The topological polar surface area (TPSA) is 33.3 Å². The molecule has 94 valence electrons. The van der Waals surface area contributed by atoms with Crippen molar-refractivity contribution in [2.24, 2.45) is 0 Å². The van der Waals surface area contributed by atoms with E-state index in [-0.39, 0.29) is 11.9 Å². The second-order valence-corrected chi connectivity index (χ2v) is 4.85. The van der Waals surface area contributed by atoms with Crippen LogP contribution in [0.3, 0.4) is 0 Å². The van der Waals surface area contributed by atoms with Gasteiger partial charge in [-0.3, -0.25) is 0 Å². The van der Waals surface area contributed by atoms with Crippen molar-refractivity contribution in [3.63, 3.8) is 0 Å². The van der Waals surface area contributed by atoms with Crippen molar-refractivity contribution in [3.05, 3.63) is 28.5 Å². The first-order chi connectivity index (χ1) is 8.02. The molecule has 1 unspecified atom stereocenters. The number of benzene rings is 1. The highest BCUT2D eigenvalue weighted by atomic mass is 79.9. The average molecular weight is 321 g/mol. The van der Waals surface area contributed by atoms with E-state index in [0.29, 0.717) is 21.9 Å². The lowest BCUT2D eigenvalue weighted by atomic mass is 10.3. The number of anilines is 1. The van der Waals surface area contributed by atoms with Crippen molar-refractivity contribution in [1.29, 1.82) is 0 Å². The molecule has 0 fully saturated rings. The summed E-state index contributed by atoms with van der Waals surface area (Å²) < 4.78 is 18.6. The van der Waals surface area contributed by atoms with Gasteiger partial charge in [0.1, 0.15) is 5.82 Å².